The predicted molar refractivity (Wildman–Crippen MR) is 140 cm³/mol. The lowest BCUT2D eigenvalue weighted by Gasteiger charge is -2.50. The van der Waals surface area contributed by atoms with E-state index in [1.54, 1.807) is 4.31 Å². The molecule has 0 radical (unpaired) electrons. The fourth-order valence-electron chi connectivity index (χ4n) is 5.04. The summed E-state index contributed by atoms with van der Waals surface area (Å²) in [6.45, 7) is 9.58. The summed E-state index contributed by atoms with van der Waals surface area (Å²) in [5, 5.41) is 3.23. The van der Waals surface area contributed by atoms with Gasteiger partial charge in [0.15, 0.2) is 0 Å². The van der Waals surface area contributed by atoms with Gasteiger partial charge in [-0.1, -0.05) is 91.0 Å². The highest BCUT2D eigenvalue weighted by Gasteiger charge is 2.59. The van der Waals surface area contributed by atoms with Gasteiger partial charge in [-0.3, -0.25) is 0 Å². The lowest BCUT2D eigenvalue weighted by Crippen LogP contribution is -2.74. The standard InChI is InChI=1S/C27H32N2O2SSi/c1-5-28(6-2)26-27(32(30,31)29(26)22(3)4)33(23-16-10-7-11-17-23,24-18-12-8-13-19-24)25-20-14-9-15-21-25/h7-22H,5-6H2,1-4H3. The summed E-state index contributed by atoms with van der Waals surface area (Å²) in [6, 6.07) is 30.6. The van der Waals surface area contributed by atoms with Crippen molar-refractivity contribution in [2.24, 2.45) is 0 Å². The highest BCUT2D eigenvalue weighted by molar-refractivity contribution is 7.97. The molecule has 33 heavy (non-hydrogen) atoms. The molecule has 6 heteroatoms. The molecule has 0 atom stereocenters. The normalized spacial score (nSPS) is 15.5. The molecule has 3 aromatic rings. The van der Waals surface area contributed by atoms with E-state index in [9.17, 15) is 8.42 Å². The zero-order valence-corrected chi connectivity index (χ0v) is 21.6. The molecule has 1 heterocycles. The zero-order valence-electron chi connectivity index (χ0n) is 19.8. The van der Waals surface area contributed by atoms with E-state index >= 15 is 0 Å². The third-order valence-corrected chi connectivity index (χ3v) is 14.4. The van der Waals surface area contributed by atoms with Crippen molar-refractivity contribution in [1.29, 1.82) is 0 Å². The van der Waals surface area contributed by atoms with E-state index in [1.807, 2.05) is 68.4 Å². The SMILES string of the molecule is CCN(CC)C1=C([Si](c2ccccc2)(c2ccccc2)c2ccccc2)S(=O)(=O)N1C(C)C. The molecule has 0 amide bonds. The van der Waals surface area contributed by atoms with E-state index in [0.29, 0.717) is 4.53 Å². The number of hydrogen-bond acceptors (Lipinski definition) is 3. The Hall–Kier alpha value is -2.83. The number of hydrogen-bond donors (Lipinski definition) is 0. The van der Waals surface area contributed by atoms with Crippen LogP contribution in [0.15, 0.2) is 101 Å². The molecule has 0 fully saturated rings. The van der Waals surface area contributed by atoms with Crippen molar-refractivity contribution >= 4 is 33.7 Å². The summed E-state index contributed by atoms with van der Waals surface area (Å²) in [6.07, 6.45) is 0. The molecule has 0 spiro atoms. The van der Waals surface area contributed by atoms with Crippen LogP contribution >= 0.6 is 0 Å². The molecule has 172 valence electrons. The van der Waals surface area contributed by atoms with Crippen LogP contribution in [0.3, 0.4) is 0 Å². The smallest absolute Gasteiger partial charge is 0.262 e. The van der Waals surface area contributed by atoms with Gasteiger partial charge in [0.1, 0.15) is 10.3 Å². The summed E-state index contributed by atoms with van der Waals surface area (Å²) in [7, 11) is -6.76. The first-order valence-electron chi connectivity index (χ1n) is 11.6. The van der Waals surface area contributed by atoms with Crippen LogP contribution in [0.25, 0.3) is 0 Å². The van der Waals surface area contributed by atoms with Crippen LogP contribution in [0.4, 0.5) is 0 Å². The van der Waals surface area contributed by atoms with Gasteiger partial charge in [-0.15, -0.1) is 0 Å². The van der Waals surface area contributed by atoms with E-state index < -0.39 is 18.1 Å². The van der Waals surface area contributed by atoms with Crippen LogP contribution in [0, 0.1) is 0 Å². The maximum atomic E-state index is 14.2. The fraction of sp³-hybridized carbons (Fsp3) is 0.259. The second kappa shape index (κ2) is 9.19. The van der Waals surface area contributed by atoms with Crippen molar-refractivity contribution in [2.45, 2.75) is 33.7 Å². The molecule has 1 aliphatic heterocycles. The molecule has 0 aliphatic carbocycles. The number of nitrogens with zero attached hydrogens (tertiary/aromatic N) is 2. The van der Waals surface area contributed by atoms with Crippen molar-refractivity contribution in [1.82, 2.24) is 9.21 Å². The highest BCUT2D eigenvalue weighted by atomic mass is 32.2. The molecule has 0 bridgehead atoms. The van der Waals surface area contributed by atoms with Gasteiger partial charge in [0.05, 0.1) is 0 Å². The number of rotatable bonds is 8. The van der Waals surface area contributed by atoms with Gasteiger partial charge in [-0.05, 0) is 43.3 Å². The van der Waals surface area contributed by atoms with Gasteiger partial charge in [0.2, 0.25) is 8.07 Å². The molecule has 0 aromatic heterocycles. The zero-order chi connectivity index (χ0) is 23.6. The minimum atomic E-state index is -3.65. The maximum Gasteiger partial charge on any atom is 0.262 e. The van der Waals surface area contributed by atoms with E-state index in [4.69, 9.17) is 0 Å². The molecule has 1 aliphatic rings. The van der Waals surface area contributed by atoms with Gasteiger partial charge in [0.25, 0.3) is 10.0 Å². The summed E-state index contributed by atoms with van der Waals surface area (Å²) < 4.78 is 30.6. The van der Waals surface area contributed by atoms with E-state index in [2.05, 4.69) is 55.1 Å². The van der Waals surface area contributed by atoms with Crippen LogP contribution in [-0.4, -0.2) is 44.8 Å². The summed E-state index contributed by atoms with van der Waals surface area (Å²) >= 11 is 0. The monoisotopic (exact) mass is 476 g/mol. The van der Waals surface area contributed by atoms with Gasteiger partial charge in [-0.25, -0.2) is 12.7 Å². The topological polar surface area (TPSA) is 40.6 Å². The lowest BCUT2D eigenvalue weighted by atomic mass is 10.3. The van der Waals surface area contributed by atoms with Crippen molar-refractivity contribution in [3.63, 3.8) is 0 Å². The van der Waals surface area contributed by atoms with Crippen molar-refractivity contribution < 1.29 is 8.42 Å². The van der Waals surface area contributed by atoms with Crippen LogP contribution < -0.4 is 15.6 Å². The predicted octanol–water partition coefficient (Wildman–Crippen LogP) is 3.26. The quantitative estimate of drug-likeness (QED) is 0.370. The Morgan fingerprint density at radius 1 is 0.727 bits per heavy atom. The van der Waals surface area contributed by atoms with Gasteiger partial charge in [0, 0.05) is 19.1 Å². The Morgan fingerprint density at radius 3 is 1.39 bits per heavy atom. The van der Waals surface area contributed by atoms with Gasteiger partial charge < -0.3 is 4.90 Å². The van der Waals surface area contributed by atoms with E-state index in [0.717, 1.165) is 34.5 Å². The Balaban J connectivity index is 2.22. The summed E-state index contributed by atoms with van der Waals surface area (Å²) in [5.74, 6) is 0.859. The first-order valence-corrected chi connectivity index (χ1v) is 15.0. The van der Waals surface area contributed by atoms with Crippen molar-refractivity contribution in [3.8, 4) is 0 Å². The van der Waals surface area contributed by atoms with Crippen LogP contribution in [0.5, 0.6) is 0 Å². The van der Waals surface area contributed by atoms with Crippen molar-refractivity contribution in [2.75, 3.05) is 13.1 Å². The van der Waals surface area contributed by atoms with Gasteiger partial charge in [-0.2, -0.15) is 0 Å². The van der Waals surface area contributed by atoms with E-state index in [-0.39, 0.29) is 6.04 Å². The molecule has 0 unspecified atom stereocenters. The molecule has 0 N–H and O–H groups in total. The minimum absolute atomic E-state index is 0.150. The van der Waals surface area contributed by atoms with Gasteiger partial charge >= 0.3 is 0 Å². The molecular formula is C27H32N2O2SSi. The number of benzene rings is 3. The van der Waals surface area contributed by atoms with Crippen LogP contribution in [-0.2, 0) is 10.0 Å². The Bertz CT molecular complexity index is 1130. The second-order valence-corrected chi connectivity index (χ2v) is 14.4. The van der Waals surface area contributed by atoms with E-state index in [1.165, 1.54) is 0 Å². The minimum Gasteiger partial charge on any atom is -0.357 e. The summed E-state index contributed by atoms with van der Waals surface area (Å²) in [5.41, 5.74) is 0. The van der Waals surface area contributed by atoms with Crippen LogP contribution in [0.1, 0.15) is 27.7 Å². The largest absolute Gasteiger partial charge is 0.357 e. The highest BCUT2D eigenvalue weighted by Crippen LogP contribution is 2.42. The second-order valence-electron chi connectivity index (χ2n) is 8.57. The average molecular weight is 477 g/mol. The van der Waals surface area contributed by atoms with Crippen LogP contribution in [0.2, 0.25) is 0 Å². The Morgan fingerprint density at radius 2 is 1.09 bits per heavy atom. The molecular weight excluding hydrogens is 444 g/mol. The Kier molecular flexibility index (Phi) is 6.50. The maximum absolute atomic E-state index is 14.2. The Labute approximate surface area is 199 Å². The molecule has 4 rings (SSSR count). The lowest BCUT2D eigenvalue weighted by molar-refractivity contribution is 0.254. The molecule has 4 nitrogen and oxygen atoms in total. The average Bonchev–Trinajstić information content (AvgIpc) is 2.84. The number of sulfonamides is 1. The molecule has 0 saturated heterocycles. The third-order valence-electron chi connectivity index (χ3n) is 6.42. The molecule has 0 saturated carbocycles. The first kappa shape index (κ1) is 23.3. The first-order chi connectivity index (χ1) is 15.9. The fourth-order valence-corrected chi connectivity index (χ4v) is 14.0. The third kappa shape index (κ3) is 3.61. The summed E-state index contributed by atoms with van der Waals surface area (Å²) in [4.78, 5) is 2.20. The van der Waals surface area contributed by atoms with Crippen molar-refractivity contribution in [3.05, 3.63) is 101 Å². The molecule has 3 aromatic carbocycles.